The first-order valence-corrected chi connectivity index (χ1v) is 20.0. The van der Waals surface area contributed by atoms with E-state index in [4.69, 9.17) is 0 Å². The van der Waals surface area contributed by atoms with Crippen LogP contribution < -0.4 is 0 Å². The molecule has 13 rings (SSSR count). The van der Waals surface area contributed by atoms with Gasteiger partial charge in [0, 0.05) is 0 Å². The van der Waals surface area contributed by atoms with Crippen LogP contribution in [0.2, 0.25) is 0 Å². The third-order valence-electron chi connectivity index (χ3n) is 13.2. The molecule has 0 aromatic heterocycles. The van der Waals surface area contributed by atoms with Crippen LogP contribution in [0.5, 0.6) is 0 Å². The summed E-state index contributed by atoms with van der Waals surface area (Å²) >= 11 is 0. The van der Waals surface area contributed by atoms with Gasteiger partial charge in [0.15, 0.2) is 0 Å². The lowest BCUT2D eigenvalue weighted by Gasteiger charge is -2.31. The Morgan fingerprint density at radius 3 is 1.53 bits per heavy atom. The molecule has 1 spiro atoms. The standard InChI is InChI=1S/C57H34/c1-2-15-37-31-40(26-25-35(37)13-1)55-44-20-8-5-17-39(44)33-53-56(55)48-30-28-41(34-52(48)57(53)50-23-11-9-21-45(50)46-22-10-12-24-51(46)57)54-43-19-7-4-16-38(43)32-49-42-18-6-3-14-36(42)27-29-47(49)54/h1-34H. The topological polar surface area (TPSA) is 0 Å². The van der Waals surface area contributed by atoms with Gasteiger partial charge < -0.3 is 0 Å². The minimum absolute atomic E-state index is 0.503. The molecule has 0 bridgehead atoms. The third-order valence-corrected chi connectivity index (χ3v) is 13.2. The zero-order chi connectivity index (χ0) is 37.2. The molecule has 0 saturated heterocycles. The Hall–Kier alpha value is -7.28. The molecule has 0 heterocycles. The summed E-state index contributed by atoms with van der Waals surface area (Å²) in [4.78, 5) is 0. The van der Waals surface area contributed by atoms with Gasteiger partial charge in [0.05, 0.1) is 5.41 Å². The van der Waals surface area contributed by atoms with Crippen molar-refractivity contribution in [3.8, 4) is 44.5 Å². The molecule has 262 valence electrons. The van der Waals surface area contributed by atoms with Crippen LogP contribution >= 0.6 is 0 Å². The quantitative estimate of drug-likeness (QED) is 0.123. The van der Waals surface area contributed by atoms with Crippen molar-refractivity contribution in [3.63, 3.8) is 0 Å². The van der Waals surface area contributed by atoms with Gasteiger partial charge in [-0.2, -0.15) is 0 Å². The van der Waals surface area contributed by atoms with Crippen molar-refractivity contribution in [2.75, 3.05) is 0 Å². The number of hydrogen-bond donors (Lipinski definition) is 0. The molecule has 0 saturated carbocycles. The van der Waals surface area contributed by atoms with Gasteiger partial charge in [-0.1, -0.05) is 182 Å². The molecule has 0 radical (unpaired) electrons. The molecule has 0 nitrogen and oxygen atoms in total. The van der Waals surface area contributed by atoms with Crippen molar-refractivity contribution in [2.24, 2.45) is 0 Å². The summed E-state index contributed by atoms with van der Waals surface area (Å²) in [6.45, 7) is 0. The van der Waals surface area contributed by atoms with Crippen LogP contribution in [0.15, 0.2) is 206 Å². The maximum absolute atomic E-state index is 2.57. The number of benzene rings is 11. The monoisotopic (exact) mass is 718 g/mol. The molecule has 0 unspecified atom stereocenters. The van der Waals surface area contributed by atoms with Crippen molar-refractivity contribution in [1.82, 2.24) is 0 Å². The van der Waals surface area contributed by atoms with Gasteiger partial charge in [0.1, 0.15) is 0 Å². The maximum Gasteiger partial charge on any atom is 0.0726 e. The molecular formula is C57H34. The average Bonchev–Trinajstić information content (AvgIpc) is 3.74. The lowest BCUT2D eigenvalue weighted by atomic mass is 9.69. The molecule has 0 amide bonds. The Morgan fingerprint density at radius 2 is 0.772 bits per heavy atom. The van der Waals surface area contributed by atoms with Gasteiger partial charge in [-0.05, 0) is 145 Å². The van der Waals surface area contributed by atoms with Gasteiger partial charge in [-0.3, -0.25) is 0 Å². The van der Waals surface area contributed by atoms with Crippen LogP contribution in [0.25, 0.3) is 98.4 Å². The summed E-state index contributed by atoms with van der Waals surface area (Å²) in [5, 5.41) is 12.7. The first-order chi connectivity index (χ1) is 28.3. The average molecular weight is 719 g/mol. The lowest BCUT2D eigenvalue weighted by Crippen LogP contribution is -2.26. The molecular weight excluding hydrogens is 685 g/mol. The minimum Gasteiger partial charge on any atom is -0.0619 e. The molecule has 0 atom stereocenters. The summed E-state index contributed by atoms with van der Waals surface area (Å²) in [6.07, 6.45) is 0. The molecule has 0 N–H and O–H groups in total. The van der Waals surface area contributed by atoms with Gasteiger partial charge in [-0.25, -0.2) is 0 Å². The van der Waals surface area contributed by atoms with Crippen LogP contribution in [0.1, 0.15) is 22.3 Å². The smallest absolute Gasteiger partial charge is 0.0619 e. The Bertz CT molecular complexity index is 3480. The molecule has 2 aliphatic carbocycles. The normalized spacial score (nSPS) is 13.4. The second-order valence-electron chi connectivity index (χ2n) is 15.9. The van der Waals surface area contributed by atoms with E-state index in [0.717, 1.165) is 0 Å². The second kappa shape index (κ2) is 11.4. The Kier molecular flexibility index (Phi) is 6.19. The fourth-order valence-electron chi connectivity index (χ4n) is 10.9. The summed E-state index contributed by atoms with van der Waals surface area (Å²) in [6, 6.07) is 77.9. The van der Waals surface area contributed by atoms with E-state index in [1.54, 1.807) is 0 Å². The summed E-state index contributed by atoms with van der Waals surface area (Å²) < 4.78 is 0. The highest BCUT2D eigenvalue weighted by molar-refractivity contribution is 6.20. The zero-order valence-electron chi connectivity index (χ0n) is 31.1. The van der Waals surface area contributed by atoms with E-state index < -0.39 is 5.41 Å². The summed E-state index contributed by atoms with van der Waals surface area (Å²) in [5.74, 6) is 0. The number of hydrogen-bond acceptors (Lipinski definition) is 0. The largest absolute Gasteiger partial charge is 0.0726 e. The SMILES string of the molecule is c1ccc2c(c1)-c1ccccc1C21c2cc(-c3c4ccccc4cc4c3ccc3ccccc34)ccc2-c2c1cc1ccccc1c2-c1ccc2ccccc2c1. The summed E-state index contributed by atoms with van der Waals surface area (Å²) in [7, 11) is 0. The number of rotatable bonds is 2. The molecule has 0 fully saturated rings. The van der Waals surface area contributed by atoms with E-state index in [-0.39, 0.29) is 0 Å². The van der Waals surface area contributed by atoms with E-state index in [2.05, 4.69) is 206 Å². The lowest BCUT2D eigenvalue weighted by molar-refractivity contribution is 0.795. The molecule has 2 aliphatic rings. The predicted molar refractivity (Wildman–Crippen MR) is 241 cm³/mol. The van der Waals surface area contributed by atoms with Crippen molar-refractivity contribution in [2.45, 2.75) is 5.41 Å². The van der Waals surface area contributed by atoms with E-state index in [0.29, 0.717) is 0 Å². The van der Waals surface area contributed by atoms with Crippen LogP contribution in [0.3, 0.4) is 0 Å². The van der Waals surface area contributed by atoms with Gasteiger partial charge >= 0.3 is 0 Å². The molecule has 11 aromatic carbocycles. The van der Waals surface area contributed by atoms with E-state index in [1.165, 1.54) is 121 Å². The van der Waals surface area contributed by atoms with E-state index >= 15 is 0 Å². The minimum atomic E-state index is -0.503. The first kappa shape index (κ1) is 31.0. The fraction of sp³-hybridized carbons (Fsp3) is 0.0175. The molecule has 0 heteroatoms. The van der Waals surface area contributed by atoms with Crippen molar-refractivity contribution in [3.05, 3.63) is 229 Å². The van der Waals surface area contributed by atoms with Crippen molar-refractivity contribution >= 4 is 53.9 Å². The Labute approximate surface area is 330 Å². The van der Waals surface area contributed by atoms with Gasteiger partial charge in [-0.15, -0.1) is 0 Å². The highest BCUT2D eigenvalue weighted by atomic mass is 14.5. The first-order valence-electron chi connectivity index (χ1n) is 20.0. The molecule has 11 aromatic rings. The van der Waals surface area contributed by atoms with Crippen LogP contribution in [0.4, 0.5) is 0 Å². The maximum atomic E-state index is 2.57. The highest BCUT2D eigenvalue weighted by Gasteiger charge is 2.52. The molecule has 57 heavy (non-hydrogen) atoms. The predicted octanol–water partition coefficient (Wildman–Crippen LogP) is 15.1. The second-order valence-corrected chi connectivity index (χ2v) is 15.9. The Morgan fingerprint density at radius 1 is 0.228 bits per heavy atom. The van der Waals surface area contributed by atoms with E-state index in [9.17, 15) is 0 Å². The summed E-state index contributed by atoms with van der Waals surface area (Å²) in [5.41, 5.74) is 15.3. The number of fused-ring (bicyclic) bond motifs is 16. The van der Waals surface area contributed by atoms with Crippen LogP contribution in [-0.4, -0.2) is 0 Å². The van der Waals surface area contributed by atoms with Crippen molar-refractivity contribution < 1.29 is 0 Å². The fourth-order valence-corrected chi connectivity index (χ4v) is 10.9. The third kappa shape index (κ3) is 4.07. The van der Waals surface area contributed by atoms with Crippen LogP contribution in [-0.2, 0) is 5.41 Å². The van der Waals surface area contributed by atoms with Crippen molar-refractivity contribution in [1.29, 1.82) is 0 Å². The van der Waals surface area contributed by atoms with Crippen LogP contribution in [0, 0.1) is 0 Å². The molecule has 0 aliphatic heterocycles. The van der Waals surface area contributed by atoms with E-state index in [1.807, 2.05) is 0 Å². The highest BCUT2D eigenvalue weighted by Crippen LogP contribution is 2.65. The zero-order valence-corrected chi connectivity index (χ0v) is 31.1. The Balaban J connectivity index is 1.20. The van der Waals surface area contributed by atoms with Gasteiger partial charge in [0.25, 0.3) is 0 Å². The van der Waals surface area contributed by atoms with Gasteiger partial charge in [0.2, 0.25) is 0 Å².